The molecule has 18 heavy (non-hydrogen) atoms. The number of nitrogens with zero attached hydrogens (tertiary/aromatic N) is 1. The van der Waals surface area contributed by atoms with Crippen LogP contribution in [0.3, 0.4) is 0 Å². The van der Waals surface area contributed by atoms with E-state index in [9.17, 15) is 10.1 Å². The first-order valence-corrected chi connectivity index (χ1v) is 5.96. The van der Waals surface area contributed by atoms with Gasteiger partial charge in [-0.25, -0.2) is 0 Å². The van der Waals surface area contributed by atoms with Crippen molar-refractivity contribution in [3.05, 3.63) is 33.3 Å². The molecule has 0 spiro atoms. The highest BCUT2D eigenvalue weighted by atomic mass is 35.5. The summed E-state index contributed by atoms with van der Waals surface area (Å²) >= 11 is 5.83. The molecule has 0 saturated heterocycles. The second kappa shape index (κ2) is 6.02. The molecule has 0 saturated carbocycles. The summed E-state index contributed by atoms with van der Waals surface area (Å²) in [5.41, 5.74) is 0.189. The number of anilines is 1. The van der Waals surface area contributed by atoms with Crippen LogP contribution in [-0.4, -0.2) is 24.2 Å². The fraction of sp³-hybridized carbons (Fsp3) is 0.500. The van der Waals surface area contributed by atoms with E-state index in [0.29, 0.717) is 17.3 Å². The standard InChI is InChI=1S/C12H17ClN2O3/c1-12(2,18-3)6-7-14-10-8-9(13)4-5-11(10)15(16)17/h4-5,8,14H,6-7H2,1-3H3. The van der Waals surface area contributed by atoms with Crippen LogP contribution in [0.25, 0.3) is 0 Å². The number of nitro benzene ring substituents is 1. The van der Waals surface area contributed by atoms with E-state index in [0.717, 1.165) is 6.42 Å². The Labute approximate surface area is 111 Å². The molecule has 0 radical (unpaired) electrons. The Morgan fingerprint density at radius 3 is 2.72 bits per heavy atom. The zero-order valence-electron chi connectivity index (χ0n) is 10.7. The predicted octanol–water partition coefficient (Wildman–Crippen LogP) is 3.48. The molecular weight excluding hydrogens is 256 g/mol. The highest BCUT2D eigenvalue weighted by molar-refractivity contribution is 6.31. The van der Waals surface area contributed by atoms with Crippen LogP contribution in [0.1, 0.15) is 20.3 Å². The van der Waals surface area contributed by atoms with Gasteiger partial charge in [0, 0.05) is 24.7 Å². The first-order chi connectivity index (χ1) is 8.35. The van der Waals surface area contributed by atoms with Crippen molar-refractivity contribution in [2.45, 2.75) is 25.9 Å². The number of benzene rings is 1. The summed E-state index contributed by atoms with van der Waals surface area (Å²) in [6.45, 7) is 4.49. The van der Waals surface area contributed by atoms with E-state index in [1.807, 2.05) is 13.8 Å². The largest absolute Gasteiger partial charge is 0.379 e. The SMILES string of the molecule is COC(C)(C)CCNc1cc(Cl)ccc1[N+](=O)[O-]. The normalized spacial score (nSPS) is 11.3. The molecule has 5 nitrogen and oxygen atoms in total. The summed E-state index contributed by atoms with van der Waals surface area (Å²) in [5, 5.41) is 14.3. The smallest absolute Gasteiger partial charge is 0.292 e. The number of rotatable bonds is 6. The van der Waals surface area contributed by atoms with Crippen molar-refractivity contribution in [2.24, 2.45) is 0 Å². The number of methoxy groups -OCH3 is 1. The first-order valence-electron chi connectivity index (χ1n) is 5.59. The van der Waals surface area contributed by atoms with Crippen molar-refractivity contribution in [1.29, 1.82) is 0 Å². The molecule has 0 amide bonds. The maximum atomic E-state index is 10.8. The quantitative estimate of drug-likeness (QED) is 0.636. The third-order valence-corrected chi connectivity index (χ3v) is 2.99. The molecule has 0 fully saturated rings. The average molecular weight is 273 g/mol. The number of ether oxygens (including phenoxy) is 1. The Morgan fingerprint density at radius 2 is 2.17 bits per heavy atom. The maximum Gasteiger partial charge on any atom is 0.292 e. The second-order valence-corrected chi connectivity index (χ2v) is 5.00. The van der Waals surface area contributed by atoms with Gasteiger partial charge in [-0.3, -0.25) is 10.1 Å². The van der Waals surface area contributed by atoms with Crippen molar-refractivity contribution in [2.75, 3.05) is 19.0 Å². The number of halogens is 1. The fourth-order valence-electron chi connectivity index (χ4n) is 1.41. The predicted molar refractivity (Wildman–Crippen MR) is 72.3 cm³/mol. The summed E-state index contributed by atoms with van der Waals surface area (Å²) in [7, 11) is 1.64. The Kier molecular flexibility index (Phi) is 4.93. The molecule has 0 aromatic heterocycles. The molecule has 1 rings (SSSR count). The summed E-state index contributed by atoms with van der Waals surface area (Å²) in [4.78, 5) is 10.4. The van der Waals surface area contributed by atoms with Crippen LogP contribution < -0.4 is 5.32 Å². The molecule has 0 unspecified atom stereocenters. The molecule has 1 N–H and O–H groups in total. The molecule has 6 heteroatoms. The highest BCUT2D eigenvalue weighted by Crippen LogP contribution is 2.27. The minimum Gasteiger partial charge on any atom is -0.379 e. The van der Waals surface area contributed by atoms with Crippen molar-refractivity contribution >= 4 is 23.0 Å². The molecule has 0 atom stereocenters. The van der Waals surface area contributed by atoms with Gasteiger partial charge in [0.2, 0.25) is 0 Å². The molecule has 0 heterocycles. The fourth-order valence-corrected chi connectivity index (χ4v) is 1.58. The molecule has 100 valence electrons. The topological polar surface area (TPSA) is 64.4 Å². The van der Waals surface area contributed by atoms with Crippen LogP contribution in [0, 0.1) is 10.1 Å². The highest BCUT2D eigenvalue weighted by Gasteiger charge is 2.17. The van der Waals surface area contributed by atoms with Crippen molar-refractivity contribution in [1.82, 2.24) is 0 Å². The van der Waals surface area contributed by atoms with Crippen molar-refractivity contribution in [3.8, 4) is 0 Å². The zero-order valence-corrected chi connectivity index (χ0v) is 11.5. The number of hydrogen-bond donors (Lipinski definition) is 1. The lowest BCUT2D eigenvalue weighted by atomic mass is 10.1. The van der Waals surface area contributed by atoms with Crippen LogP contribution in [-0.2, 0) is 4.74 Å². The summed E-state index contributed by atoms with van der Waals surface area (Å²) in [5.74, 6) is 0. The van der Waals surface area contributed by atoms with Crippen molar-refractivity contribution in [3.63, 3.8) is 0 Å². The third kappa shape index (κ3) is 4.16. The van der Waals surface area contributed by atoms with E-state index in [4.69, 9.17) is 16.3 Å². The van der Waals surface area contributed by atoms with Gasteiger partial charge in [-0.05, 0) is 32.4 Å². The molecule has 1 aromatic carbocycles. The van der Waals surface area contributed by atoms with Crippen LogP contribution in [0.15, 0.2) is 18.2 Å². The van der Waals surface area contributed by atoms with Crippen LogP contribution in [0.2, 0.25) is 5.02 Å². The van der Waals surface area contributed by atoms with Gasteiger partial charge in [0.25, 0.3) is 5.69 Å². The van der Waals surface area contributed by atoms with Gasteiger partial charge in [-0.1, -0.05) is 11.6 Å². The van der Waals surface area contributed by atoms with Gasteiger partial charge in [0.15, 0.2) is 0 Å². The molecule has 0 aliphatic rings. The van der Waals surface area contributed by atoms with E-state index >= 15 is 0 Å². The van der Waals surface area contributed by atoms with Gasteiger partial charge in [0.1, 0.15) is 5.69 Å². The molecule has 0 aliphatic heterocycles. The van der Waals surface area contributed by atoms with Crippen LogP contribution >= 0.6 is 11.6 Å². The Bertz CT molecular complexity index is 435. The lowest BCUT2D eigenvalue weighted by Gasteiger charge is -2.23. The molecule has 0 aliphatic carbocycles. The maximum absolute atomic E-state index is 10.8. The van der Waals surface area contributed by atoms with Gasteiger partial charge >= 0.3 is 0 Å². The van der Waals surface area contributed by atoms with Crippen LogP contribution in [0.4, 0.5) is 11.4 Å². The second-order valence-electron chi connectivity index (χ2n) is 4.56. The number of nitro groups is 1. The summed E-state index contributed by atoms with van der Waals surface area (Å²) < 4.78 is 5.28. The first kappa shape index (κ1) is 14.7. The Hall–Kier alpha value is -1.33. The minimum atomic E-state index is -0.430. The van der Waals surface area contributed by atoms with E-state index in [1.165, 1.54) is 12.1 Å². The monoisotopic (exact) mass is 272 g/mol. The summed E-state index contributed by atoms with van der Waals surface area (Å²) in [6, 6.07) is 4.45. The van der Waals surface area contributed by atoms with Gasteiger partial charge in [-0.2, -0.15) is 0 Å². The van der Waals surface area contributed by atoms with E-state index in [-0.39, 0.29) is 11.3 Å². The number of nitrogens with one attached hydrogen (secondary N) is 1. The van der Waals surface area contributed by atoms with E-state index < -0.39 is 4.92 Å². The molecular formula is C12H17ClN2O3. The van der Waals surface area contributed by atoms with Gasteiger partial charge in [-0.15, -0.1) is 0 Å². The lowest BCUT2D eigenvalue weighted by Crippen LogP contribution is -2.25. The Morgan fingerprint density at radius 1 is 1.50 bits per heavy atom. The third-order valence-electron chi connectivity index (χ3n) is 2.75. The lowest BCUT2D eigenvalue weighted by molar-refractivity contribution is -0.384. The van der Waals surface area contributed by atoms with Crippen molar-refractivity contribution < 1.29 is 9.66 Å². The number of hydrogen-bond acceptors (Lipinski definition) is 4. The van der Waals surface area contributed by atoms with E-state index in [1.54, 1.807) is 13.2 Å². The van der Waals surface area contributed by atoms with Crippen LogP contribution in [0.5, 0.6) is 0 Å². The van der Waals surface area contributed by atoms with Gasteiger partial charge in [0.05, 0.1) is 10.5 Å². The minimum absolute atomic E-state index is 0.0228. The molecule has 1 aromatic rings. The summed E-state index contributed by atoms with van der Waals surface area (Å²) in [6.07, 6.45) is 0.729. The molecule has 0 bridgehead atoms. The van der Waals surface area contributed by atoms with E-state index in [2.05, 4.69) is 5.32 Å². The Balaban J connectivity index is 2.72. The van der Waals surface area contributed by atoms with Gasteiger partial charge < -0.3 is 10.1 Å². The average Bonchev–Trinajstić information content (AvgIpc) is 2.28. The zero-order chi connectivity index (χ0) is 13.8.